The normalized spacial score (nSPS) is 18.5. The predicted molar refractivity (Wildman–Crippen MR) is 120 cm³/mol. The van der Waals surface area contributed by atoms with E-state index in [9.17, 15) is 9.59 Å². The van der Waals surface area contributed by atoms with Crippen molar-refractivity contribution in [3.8, 4) is 11.5 Å². The maximum absolute atomic E-state index is 12.9. The Bertz CT molecular complexity index is 1000. The Morgan fingerprint density at radius 3 is 2.56 bits per heavy atom. The number of carbonyl (C=O) groups is 2. The van der Waals surface area contributed by atoms with E-state index in [1.165, 1.54) is 7.11 Å². The molecule has 1 aromatic carbocycles. The number of aliphatic imine (C=N–C) groups is 1. The van der Waals surface area contributed by atoms with Gasteiger partial charge in [0, 0.05) is 38.4 Å². The molecule has 2 amide bonds. The standard InChI is InChI=1S/C22H26N6O4/c1-31-15-6-7-18(32-2)16(13-15)24-21(30)17-14-20(29)26-22(25-17)28-11-9-27(10-12-28)19-5-3-4-8-23-19/h3-8,13,17H,9-12,14H2,1-2H3,(H,24,30)(H,25,26,29)/t17-/m1/s1. The fourth-order valence-electron chi connectivity index (χ4n) is 3.70. The Morgan fingerprint density at radius 2 is 1.88 bits per heavy atom. The van der Waals surface area contributed by atoms with E-state index in [1.54, 1.807) is 31.5 Å². The number of methoxy groups -OCH3 is 2. The summed E-state index contributed by atoms with van der Waals surface area (Å²) in [5.41, 5.74) is 0.462. The van der Waals surface area contributed by atoms with Crippen molar-refractivity contribution in [3.05, 3.63) is 42.6 Å². The third kappa shape index (κ3) is 4.74. The lowest BCUT2D eigenvalue weighted by atomic mass is 10.1. The minimum absolute atomic E-state index is 0.0183. The van der Waals surface area contributed by atoms with E-state index in [4.69, 9.17) is 9.47 Å². The quantitative estimate of drug-likeness (QED) is 0.720. The fourth-order valence-corrected chi connectivity index (χ4v) is 3.70. The average Bonchev–Trinajstić information content (AvgIpc) is 2.84. The number of guanidine groups is 1. The number of nitrogens with zero attached hydrogens (tertiary/aromatic N) is 4. The molecule has 0 spiro atoms. The summed E-state index contributed by atoms with van der Waals surface area (Å²) in [6.07, 6.45) is 1.75. The topological polar surface area (TPSA) is 108 Å². The summed E-state index contributed by atoms with van der Waals surface area (Å²) in [5, 5.41) is 5.62. The van der Waals surface area contributed by atoms with Gasteiger partial charge >= 0.3 is 0 Å². The molecule has 3 heterocycles. The summed E-state index contributed by atoms with van der Waals surface area (Å²) in [4.78, 5) is 38.3. The van der Waals surface area contributed by atoms with Crippen molar-refractivity contribution >= 4 is 29.3 Å². The Hall–Kier alpha value is -3.82. The molecule has 0 saturated carbocycles. The molecule has 0 bridgehead atoms. The van der Waals surface area contributed by atoms with Crippen molar-refractivity contribution in [2.45, 2.75) is 12.5 Å². The van der Waals surface area contributed by atoms with Crippen LogP contribution in [0, 0.1) is 0 Å². The first-order valence-electron chi connectivity index (χ1n) is 10.4. The molecule has 1 saturated heterocycles. The van der Waals surface area contributed by atoms with Crippen LogP contribution in [0.2, 0.25) is 0 Å². The number of hydrogen-bond acceptors (Lipinski definition) is 8. The number of piperazine rings is 1. The first-order valence-corrected chi connectivity index (χ1v) is 10.4. The van der Waals surface area contributed by atoms with E-state index >= 15 is 0 Å². The highest BCUT2D eigenvalue weighted by molar-refractivity contribution is 6.06. The third-order valence-electron chi connectivity index (χ3n) is 5.43. The monoisotopic (exact) mass is 438 g/mol. The zero-order chi connectivity index (χ0) is 22.5. The van der Waals surface area contributed by atoms with E-state index in [-0.39, 0.29) is 18.2 Å². The van der Waals surface area contributed by atoms with Crippen molar-refractivity contribution in [2.24, 2.45) is 4.99 Å². The fraction of sp³-hybridized carbons (Fsp3) is 0.364. The lowest BCUT2D eigenvalue weighted by molar-refractivity contribution is -0.125. The SMILES string of the molecule is COc1ccc(OC)c(NC(=O)[C@H]2CC(=O)NC(N3CCN(c4ccccn4)CC3)=N2)c1. The molecule has 10 nitrogen and oxygen atoms in total. The van der Waals surface area contributed by atoms with Crippen LogP contribution in [0.15, 0.2) is 47.6 Å². The number of aromatic nitrogens is 1. The highest BCUT2D eigenvalue weighted by Crippen LogP contribution is 2.29. The number of ether oxygens (including phenoxy) is 2. The summed E-state index contributed by atoms with van der Waals surface area (Å²) in [7, 11) is 3.06. The molecule has 0 radical (unpaired) electrons. The number of anilines is 2. The van der Waals surface area contributed by atoms with Crippen LogP contribution in [0.3, 0.4) is 0 Å². The van der Waals surface area contributed by atoms with Gasteiger partial charge in [-0.25, -0.2) is 9.98 Å². The molecular weight excluding hydrogens is 412 g/mol. The van der Waals surface area contributed by atoms with E-state index in [2.05, 4.69) is 25.5 Å². The van der Waals surface area contributed by atoms with E-state index in [1.807, 2.05) is 23.1 Å². The van der Waals surface area contributed by atoms with Crippen molar-refractivity contribution in [1.29, 1.82) is 0 Å². The molecule has 2 aliphatic heterocycles. The van der Waals surface area contributed by atoms with Gasteiger partial charge in [0.25, 0.3) is 0 Å². The lowest BCUT2D eigenvalue weighted by Crippen LogP contribution is -2.56. The van der Waals surface area contributed by atoms with Crippen LogP contribution in [0.5, 0.6) is 11.5 Å². The van der Waals surface area contributed by atoms with Gasteiger partial charge in [-0.15, -0.1) is 0 Å². The van der Waals surface area contributed by atoms with Gasteiger partial charge in [0.2, 0.25) is 17.8 Å². The third-order valence-corrected chi connectivity index (χ3v) is 5.43. The van der Waals surface area contributed by atoms with E-state index in [0.717, 1.165) is 18.9 Å². The number of hydrogen-bond donors (Lipinski definition) is 2. The number of amides is 2. The Balaban J connectivity index is 1.44. The number of benzene rings is 1. The second-order valence-electron chi connectivity index (χ2n) is 7.44. The minimum Gasteiger partial charge on any atom is -0.497 e. The lowest BCUT2D eigenvalue weighted by Gasteiger charge is -2.38. The summed E-state index contributed by atoms with van der Waals surface area (Å²) in [5.74, 6) is 1.81. The van der Waals surface area contributed by atoms with Crippen molar-refractivity contribution in [1.82, 2.24) is 15.2 Å². The molecule has 2 aromatic rings. The zero-order valence-electron chi connectivity index (χ0n) is 18.1. The van der Waals surface area contributed by atoms with Crippen LogP contribution in [0.4, 0.5) is 11.5 Å². The Kier molecular flexibility index (Phi) is 6.39. The summed E-state index contributed by atoms with van der Waals surface area (Å²) >= 11 is 0. The number of pyridine rings is 1. The zero-order valence-corrected chi connectivity index (χ0v) is 18.1. The molecule has 2 aliphatic rings. The van der Waals surface area contributed by atoms with Crippen molar-refractivity contribution < 1.29 is 19.1 Å². The number of rotatable bonds is 5. The number of carbonyl (C=O) groups excluding carboxylic acids is 2. The van der Waals surface area contributed by atoms with Gasteiger partial charge in [-0.3, -0.25) is 14.9 Å². The molecule has 0 unspecified atom stereocenters. The van der Waals surface area contributed by atoms with Gasteiger partial charge in [0.1, 0.15) is 23.4 Å². The Labute approximate surface area is 186 Å². The molecule has 1 aromatic heterocycles. The first kappa shape index (κ1) is 21.4. The summed E-state index contributed by atoms with van der Waals surface area (Å²) < 4.78 is 10.5. The average molecular weight is 438 g/mol. The highest BCUT2D eigenvalue weighted by Gasteiger charge is 2.31. The summed E-state index contributed by atoms with van der Waals surface area (Å²) in [6.45, 7) is 2.80. The predicted octanol–water partition coefficient (Wildman–Crippen LogP) is 1.10. The van der Waals surface area contributed by atoms with Crippen LogP contribution < -0.4 is 25.0 Å². The van der Waals surface area contributed by atoms with Crippen molar-refractivity contribution in [2.75, 3.05) is 50.6 Å². The molecule has 0 aliphatic carbocycles. The second-order valence-corrected chi connectivity index (χ2v) is 7.44. The van der Waals surface area contributed by atoms with Crippen LogP contribution in [0.1, 0.15) is 6.42 Å². The second kappa shape index (κ2) is 9.54. The van der Waals surface area contributed by atoms with E-state index < -0.39 is 6.04 Å². The molecule has 2 N–H and O–H groups in total. The molecule has 1 atom stereocenters. The molecule has 1 fully saturated rings. The van der Waals surface area contributed by atoms with Crippen LogP contribution >= 0.6 is 0 Å². The maximum Gasteiger partial charge on any atom is 0.249 e. The van der Waals surface area contributed by atoms with Gasteiger partial charge in [-0.2, -0.15) is 0 Å². The van der Waals surface area contributed by atoms with Gasteiger partial charge < -0.3 is 24.6 Å². The molecule has 168 valence electrons. The largest absolute Gasteiger partial charge is 0.497 e. The molecule has 4 rings (SSSR count). The maximum atomic E-state index is 12.9. The molecular formula is C22H26N6O4. The molecule has 10 heteroatoms. The van der Waals surface area contributed by atoms with Crippen molar-refractivity contribution in [3.63, 3.8) is 0 Å². The van der Waals surface area contributed by atoms with Gasteiger partial charge in [-0.05, 0) is 24.3 Å². The summed E-state index contributed by atoms with van der Waals surface area (Å²) in [6, 6.07) is 10.1. The van der Waals surface area contributed by atoms with Gasteiger partial charge in [0.05, 0.1) is 26.3 Å². The first-order chi connectivity index (χ1) is 15.6. The van der Waals surface area contributed by atoms with Crippen LogP contribution in [-0.2, 0) is 9.59 Å². The van der Waals surface area contributed by atoms with Crippen LogP contribution in [-0.4, -0.2) is 74.1 Å². The Morgan fingerprint density at radius 1 is 1.09 bits per heavy atom. The smallest absolute Gasteiger partial charge is 0.249 e. The van der Waals surface area contributed by atoms with Gasteiger partial charge in [-0.1, -0.05) is 6.07 Å². The minimum atomic E-state index is -0.830. The van der Waals surface area contributed by atoms with Gasteiger partial charge in [0.15, 0.2) is 0 Å². The highest BCUT2D eigenvalue weighted by atomic mass is 16.5. The number of nitrogens with one attached hydrogen (secondary N) is 2. The van der Waals surface area contributed by atoms with E-state index in [0.29, 0.717) is 36.2 Å². The van der Waals surface area contributed by atoms with Crippen LogP contribution in [0.25, 0.3) is 0 Å². The molecule has 32 heavy (non-hydrogen) atoms.